The van der Waals surface area contributed by atoms with Crippen molar-refractivity contribution in [2.75, 3.05) is 32.4 Å². The van der Waals surface area contributed by atoms with Crippen LogP contribution in [0.5, 0.6) is 0 Å². The zero-order chi connectivity index (χ0) is 21.6. The van der Waals surface area contributed by atoms with E-state index in [2.05, 4.69) is 15.2 Å². The topological polar surface area (TPSA) is 99.3 Å². The van der Waals surface area contributed by atoms with Crippen molar-refractivity contribution in [2.45, 2.75) is 42.9 Å². The molecule has 3 heterocycles. The predicted octanol–water partition coefficient (Wildman–Crippen LogP) is 2.46. The van der Waals surface area contributed by atoms with Gasteiger partial charge < -0.3 is 9.80 Å². The van der Waals surface area contributed by atoms with E-state index < -0.39 is 9.84 Å². The minimum absolute atomic E-state index is 0.160. The van der Waals surface area contributed by atoms with E-state index in [1.54, 1.807) is 12.1 Å². The number of carbonyl (C=O) groups is 1. The van der Waals surface area contributed by atoms with Crippen molar-refractivity contribution in [3.05, 3.63) is 42.0 Å². The molecule has 8 nitrogen and oxygen atoms in total. The summed E-state index contributed by atoms with van der Waals surface area (Å²) < 4.78 is 23.3. The van der Waals surface area contributed by atoms with Gasteiger partial charge in [-0.25, -0.2) is 18.2 Å². The van der Waals surface area contributed by atoms with Crippen LogP contribution in [0.4, 0.5) is 4.79 Å². The third kappa shape index (κ3) is 4.07. The molecule has 0 bridgehead atoms. The molecule has 1 aliphatic carbocycles. The number of hydrogen-bond acceptors (Lipinski definition) is 5. The maximum Gasteiger partial charge on any atom is 0.320 e. The van der Waals surface area contributed by atoms with Gasteiger partial charge in [-0.05, 0) is 55.7 Å². The van der Waals surface area contributed by atoms with E-state index in [9.17, 15) is 13.2 Å². The van der Waals surface area contributed by atoms with Crippen LogP contribution in [0, 0.1) is 11.3 Å². The summed E-state index contributed by atoms with van der Waals surface area (Å²) in [5.41, 5.74) is 1.47. The van der Waals surface area contributed by atoms with Crippen LogP contribution in [0.25, 0.3) is 0 Å². The molecule has 31 heavy (non-hydrogen) atoms. The van der Waals surface area contributed by atoms with Gasteiger partial charge in [0.2, 0.25) is 0 Å². The Kier molecular flexibility index (Phi) is 5.03. The maximum atomic E-state index is 12.9. The molecule has 0 radical (unpaired) electrons. The third-order valence-electron chi connectivity index (χ3n) is 7.28. The molecule has 2 amide bonds. The molecule has 2 saturated heterocycles. The number of aromatic nitrogens is 3. The first-order valence-electron chi connectivity index (χ1n) is 11.0. The molecule has 166 valence electrons. The summed E-state index contributed by atoms with van der Waals surface area (Å²) in [6.45, 7) is 3.21. The Labute approximate surface area is 183 Å². The number of H-pyrrole nitrogens is 1. The van der Waals surface area contributed by atoms with Crippen LogP contribution in [-0.4, -0.2) is 71.9 Å². The molecule has 1 aromatic heterocycles. The number of likely N-dealkylation sites (tertiary alicyclic amines) is 2. The highest BCUT2D eigenvalue weighted by Crippen LogP contribution is 2.49. The molecule has 5 rings (SSSR count). The Bertz CT molecular complexity index is 1050. The number of aromatic amines is 1. The van der Waals surface area contributed by atoms with Crippen molar-refractivity contribution in [3.8, 4) is 0 Å². The van der Waals surface area contributed by atoms with Gasteiger partial charge in [-0.15, -0.1) is 0 Å². The van der Waals surface area contributed by atoms with E-state index >= 15 is 0 Å². The van der Waals surface area contributed by atoms with E-state index in [-0.39, 0.29) is 17.4 Å². The lowest BCUT2D eigenvalue weighted by atomic mass is 9.77. The number of nitrogens with one attached hydrogen (secondary N) is 1. The van der Waals surface area contributed by atoms with E-state index in [1.807, 2.05) is 21.9 Å². The molecule has 2 aliphatic heterocycles. The van der Waals surface area contributed by atoms with Crippen LogP contribution < -0.4 is 0 Å². The largest absolute Gasteiger partial charge is 0.324 e. The van der Waals surface area contributed by atoms with Gasteiger partial charge in [0.15, 0.2) is 9.84 Å². The smallest absolute Gasteiger partial charge is 0.320 e. The van der Waals surface area contributed by atoms with Crippen LogP contribution in [0.3, 0.4) is 0 Å². The molecule has 3 aliphatic rings. The van der Waals surface area contributed by atoms with E-state index in [1.165, 1.54) is 31.0 Å². The number of urea groups is 1. The summed E-state index contributed by atoms with van der Waals surface area (Å²) in [7, 11) is -3.15. The standard InChI is InChI=1S/C22H29N5O3S/c1-31(29,30)19-4-2-16(3-5-19)10-17-6-8-22(11-17)13-27(14-22)21(28)26-9-7-18(12-26)20-23-15-24-25-20/h2-5,15,17-18H,6-14H2,1H3,(H,23,24,25)/t17?,18-/m0/s1. The van der Waals surface area contributed by atoms with Gasteiger partial charge in [0, 0.05) is 43.8 Å². The second-order valence-electron chi connectivity index (χ2n) is 9.67. The predicted molar refractivity (Wildman–Crippen MR) is 115 cm³/mol. The Morgan fingerprint density at radius 1 is 1.19 bits per heavy atom. The number of sulfone groups is 1. The number of amides is 2. The van der Waals surface area contributed by atoms with Crippen LogP contribution in [0.1, 0.15) is 43.0 Å². The fourth-order valence-electron chi connectivity index (χ4n) is 5.66. The monoisotopic (exact) mass is 443 g/mol. The quantitative estimate of drug-likeness (QED) is 0.783. The van der Waals surface area contributed by atoms with E-state index in [0.717, 1.165) is 44.7 Å². The lowest BCUT2D eigenvalue weighted by Crippen LogP contribution is -2.60. The fraction of sp³-hybridized carbons (Fsp3) is 0.591. The van der Waals surface area contributed by atoms with Crippen molar-refractivity contribution in [1.82, 2.24) is 25.0 Å². The third-order valence-corrected chi connectivity index (χ3v) is 8.41. The SMILES string of the molecule is CS(=O)(=O)c1ccc(CC2CCC3(C2)CN(C(=O)N2CC[C@H](c4ncn[nH]4)C2)C3)cc1. The van der Waals surface area contributed by atoms with Crippen molar-refractivity contribution >= 4 is 15.9 Å². The lowest BCUT2D eigenvalue weighted by Gasteiger charge is -2.49. The fourth-order valence-corrected chi connectivity index (χ4v) is 6.29. The zero-order valence-electron chi connectivity index (χ0n) is 17.8. The average molecular weight is 444 g/mol. The van der Waals surface area contributed by atoms with Gasteiger partial charge in [0.25, 0.3) is 0 Å². The number of nitrogens with zero attached hydrogens (tertiary/aromatic N) is 4. The molecule has 1 spiro atoms. The van der Waals surface area contributed by atoms with Crippen LogP contribution >= 0.6 is 0 Å². The van der Waals surface area contributed by atoms with Crippen LogP contribution in [0.2, 0.25) is 0 Å². The highest BCUT2D eigenvalue weighted by Gasteiger charge is 2.50. The molecule has 1 saturated carbocycles. The second-order valence-corrected chi connectivity index (χ2v) is 11.7. The van der Waals surface area contributed by atoms with Gasteiger partial charge >= 0.3 is 6.03 Å². The Hall–Kier alpha value is -2.42. The highest BCUT2D eigenvalue weighted by molar-refractivity contribution is 7.90. The van der Waals surface area contributed by atoms with Gasteiger partial charge in [0.05, 0.1) is 4.90 Å². The van der Waals surface area contributed by atoms with Crippen molar-refractivity contribution in [2.24, 2.45) is 11.3 Å². The first-order valence-corrected chi connectivity index (χ1v) is 12.9. The average Bonchev–Trinajstić information content (AvgIpc) is 3.45. The molecule has 1 N–H and O–H groups in total. The maximum absolute atomic E-state index is 12.9. The minimum atomic E-state index is -3.15. The molecule has 1 unspecified atom stereocenters. The molecule has 2 aromatic rings. The first-order chi connectivity index (χ1) is 14.8. The first kappa shape index (κ1) is 20.5. The van der Waals surface area contributed by atoms with Gasteiger partial charge in [0.1, 0.15) is 12.2 Å². The summed E-state index contributed by atoms with van der Waals surface area (Å²) in [5.74, 6) is 1.73. The molecular formula is C22H29N5O3S. The van der Waals surface area contributed by atoms with Gasteiger partial charge in [-0.2, -0.15) is 5.10 Å². The lowest BCUT2D eigenvalue weighted by molar-refractivity contribution is 0.0210. The van der Waals surface area contributed by atoms with E-state index in [0.29, 0.717) is 17.4 Å². The summed E-state index contributed by atoms with van der Waals surface area (Å²) in [6, 6.07) is 7.46. The van der Waals surface area contributed by atoms with Crippen LogP contribution in [0.15, 0.2) is 35.5 Å². The summed E-state index contributed by atoms with van der Waals surface area (Å²) in [6.07, 6.45) is 8.16. The number of rotatable bonds is 4. The van der Waals surface area contributed by atoms with Crippen molar-refractivity contribution in [3.63, 3.8) is 0 Å². The summed E-state index contributed by atoms with van der Waals surface area (Å²) in [5, 5.41) is 6.85. The van der Waals surface area contributed by atoms with Crippen molar-refractivity contribution < 1.29 is 13.2 Å². The molecular weight excluding hydrogens is 414 g/mol. The van der Waals surface area contributed by atoms with Gasteiger partial charge in [-0.1, -0.05) is 12.1 Å². The number of benzene rings is 1. The molecule has 3 fully saturated rings. The number of hydrogen-bond donors (Lipinski definition) is 1. The molecule has 1 aromatic carbocycles. The summed E-state index contributed by atoms with van der Waals surface area (Å²) in [4.78, 5) is 21.5. The Balaban J connectivity index is 1.12. The second kappa shape index (κ2) is 7.62. The normalized spacial score (nSPS) is 25.2. The molecule has 9 heteroatoms. The zero-order valence-corrected chi connectivity index (χ0v) is 18.6. The van der Waals surface area contributed by atoms with Crippen LogP contribution in [-0.2, 0) is 16.3 Å². The Morgan fingerprint density at radius 2 is 1.97 bits per heavy atom. The van der Waals surface area contributed by atoms with E-state index in [4.69, 9.17) is 0 Å². The minimum Gasteiger partial charge on any atom is -0.324 e. The number of carbonyl (C=O) groups excluding carboxylic acids is 1. The Morgan fingerprint density at radius 3 is 2.65 bits per heavy atom. The van der Waals surface area contributed by atoms with Crippen molar-refractivity contribution in [1.29, 1.82) is 0 Å². The highest BCUT2D eigenvalue weighted by atomic mass is 32.2. The van der Waals surface area contributed by atoms with Gasteiger partial charge in [-0.3, -0.25) is 5.10 Å². The summed E-state index contributed by atoms with van der Waals surface area (Å²) >= 11 is 0. The molecule has 2 atom stereocenters.